The Morgan fingerprint density at radius 1 is 1.38 bits per heavy atom. The maximum Gasteiger partial charge on any atom is 0.142 e. The summed E-state index contributed by atoms with van der Waals surface area (Å²) in [6, 6.07) is 9.08. The van der Waals surface area contributed by atoms with Crippen molar-refractivity contribution < 1.29 is 9.84 Å². The van der Waals surface area contributed by atoms with E-state index in [4.69, 9.17) is 15.9 Å². The Balaban J connectivity index is 2.02. The number of nitrogens with two attached hydrogens (primary N) is 1. The maximum absolute atomic E-state index is 10.5. The summed E-state index contributed by atoms with van der Waals surface area (Å²) in [5.74, 6) is 1.36. The van der Waals surface area contributed by atoms with Crippen LogP contribution in [-0.4, -0.2) is 28.0 Å². The van der Waals surface area contributed by atoms with Gasteiger partial charge in [0.15, 0.2) is 0 Å². The van der Waals surface area contributed by atoms with Gasteiger partial charge in [0.05, 0.1) is 33.9 Å². The highest BCUT2D eigenvalue weighted by molar-refractivity contribution is 9.10. The fourth-order valence-electron chi connectivity index (χ4n) is 2.67. The van der Waals surface area contributed by atoms with Crippen LogP contribution in [0.5, 0.6) is 5.75 Å². The van der Waals surface area contributed by atoms with Crippen molar-refractivity contribution in [1.82, 2.24) is 9.97 Å². The second kappa shape index (κ2) is 7.21. The number of fused-ring (bicyclic) bond motifs is 1. The monoisotopic (exact) mass is 414 g/mol. The number of amidine groups is 1. The lowest BCUT2D eigenvalue weighted by molar-refractivity contribution is 0.279. The average Bonchev–Trinajstić information content (AvgIpc) is 3.04. The number of rotatable bonds is 6. The summed E-state index contributed by atoms with van der Waals surface area (Å²) in [5, 5.41) is 18.0. The number of methoxy groups -OCH3 is 1. The fourth-order valence-corrected chi connectivity index (χ4v) is 3.18. The van der Waals surface area contributed by atoms with E-state index >= 15 is 0 Å². The summed E-state index contributed by atoms with van der Waals surface area (Å²) >= 11 is 3.40. The van der Waals surface area contributed by atoms with Gasteiger partial charge in [0.2, 0.25) is 0 Å². The van der Waals surface area contributed by atoms with Gasteiger partial charge < -0.3 is 20.6 Å². The number of hydrogen-bond donors (Lipinski definition) is 4. The molecule has 0 fully saturated rings. The van der Waals surface area contributed by atoms with Crippen LogP contribution in [0.2, 0.25) is 0 Å². The maximum atomic E-state index is 10.5. The van der Waals surface area contributed by atoms with E-state index in [1.165, 1.54) is 0 Å². The second-order valence-electron chi connectivity index (χ2n) is 5.95. The molecule has 0 spiro atoms. The number of nitrogens with one attached hydrogen (secondary N) is 2. The molecule has 134 valence electrons. The van der Waals surface area contributed by atoms with Gasteiger partial charge in [0.1, 0.15) is 17.4 Å². The standard InChI is InChI=1S/C19H19BrN4O2/c1-10(26-2)3-4-11-7-13(17(25)14(20)8-11)19-23-15-6-5-12(18(21)22)9-16(15)24-19/h5-9,25H,1,3-4H2,2H3,(H3,21,22)(H,23,24). The number of imidazole rings is 1. The van der Waals surface area contributed by atoms with Gasteiger partial charge in [-0.25, -0.2) is 4.98 Å². The minimum Gasteiger partial charge on any atom is -0.506 e. The van der Waals surface area contributed by atoms with Gasteiger partial charge in [-0.3, -0.25) is 5.41 Å². The molecule has 0 radical (unpaired) electrons. The zero-order valence-electron chi connectivity index (χ0n) is 14.3. The number of aromatic amines is 1. The van der Waals surface area contributed by atoms with Crippen molar-refractivity contribution in [3.63, 3.8) is 0 Å². The van der Waals surface area contributed by atoms with Gasteiger partial charge in [-0.15, -0.1) is 0 Å². The van der Waals surface area contributed by atoms with Crippen molar-refractivity contribution in [2.45, 2.75) is 12.8 Å². The Kier molecular flexibility index (Phi) is 4.99. The third-order valence-electron chi connectivity index (χ3n) is 4.15. The Labute approximate surface area is 159 Å². The van der Waals surface area contributed by atoms with E-state index < -0.39 is 0 Å². The summed E-state index contributed by atoms with van der Waals surface area (Å²) in [6.07, 6.45) is 1.42. The predicted octanol–water partition coefficient (Wildman–Crippen LogP) is 4.07. The number of halogens is 1. The van der Waals surface area contributed by atoms with Gasteiger partial charge in [-0.05, 0) is 58.2 Å². The number of aromatic nitrogens is 2. The van der Waals surface area contributed by atoms with Crippen LogP contribution < -0.4 is 5.73 Å². The molecule has 7 heteroatoms. The SMILES string of the molecule is C=C(CCc1cc(Br)c(O)c(-c2nc3ccc(C(=N)N)cc3[nH]2)c1)OC. The van der Waals surface area contributed by atoms with Crippen molar-refractivity contribution in [3.8, 4) is 17.1 Å². The summed E-state index contributed by atoms with van der Waals surface area (Å²) in [5.41, 5.74) is 9.26. The summed E-state index contributed by atoms with van der Waals surface area (Å²) in [6.45, 7) is 3.83. The van der Waals surface area contributed by atoms with Crippen molar-refractivity contribution in [3.05, 3.63) is 58.3 Å². The molecule has 2 aromatic carbocycles. The Hall–Kier alpha value is -2.80. The number of nitrogen functional groups attached to an aromatic ring is 1. The van der Waals surface area contributed by atoms with E-state index in [0.29, 0.717) is 33.6 Å². The first-order chi connectivity index (χ1) is 12.4. The molecule has 0 aliphatic heterocycles. The molecule has 6 nitrogen and oxygen atoms in total. The first kappa shape index (κ1) is 18.0. The highest BCUT2D eigenvalue weighted by Gasteiger charge is 2.15. The van der Waals surface area contributed by atoms with Crippen molar-refractivity contribution in [1.29, 1.82) is 5.41 Å². The molecule has 1 aromatic heterocycles. The molecule has 3 aromatic rings. The van der Waals surface area contributed by atoms with E-state index in [-0.39, 0.29) is 11.6 Å². The Bertz CT molecular complexity index is 1010. The Morgan fingerprint density at radius 2 is 2.15 bits per heavy atom. The van der Waals surface area contributed by atoms with E-state index in [1.54, 1.807) is 25.3 Å². The molecule has 0 aliphatic carbocycles. The number of H-pyrrole nitrogens is 1. The number of ether oxygens (including phenoxy) is 1. The largest absolute Gasteiger partial charge is 0.506 e. The topological polar surface area (TPSA) is 108 Å². The van der Waals surface area contributed by atoms with E-state index in [2.05, 4.69) is 32.5 Å². The molecule has 0 unspecified atom stereocenters. The van der Waals surface area contributed by atoms with Crippen LogP contribution in [0.3, 0.4) is 0 Å². The van der Waals surface area contributed by atoms with Gasteiger partial charge >= 0.3 is 0 Å². The van der Waals surface area contributed by atoms with Crippen LogP contribution in [0.15, 0.2) is 47.1 Å². The van der Waals surface area contributed by atoms with Gasteiger partial charge in [0, 0.05) is 12.0 Å². The van der Waals surface area contributed by atoms with Gasteiger partial charge in [-0.2, -0.15) is 0 Å². The van der Waals surface area contributed by atoms with Crippen LogP contribution in [0.25, 0.3) is 22.4 Å². The van der Waals surface area contributed by atoms with Crippen LogP contribution in [0.1, 0.15) is 17.5 Å². The molecule has 0 atom stereocenters. The molecule has 0 saturated carbocycles. The average molecular weight is 415 g/mol. The van der Waals surface area contributed by atoms with Gasteiger partial charge in [0.25, 0.3) is 0 Å². The second-order valence-corrected chi connectivity index (χ2v) is 6.80. The van der Waals surface area contributed by atoms with E-state index in [0.717, 1.165) is 23.0 Å². The number of hydrogen-bond acceptors (Lipinski definition) is 4. The lowest BCUT2D eigenvalue weighted by Gasteiger charge is -2.09. The normalized spacial score (nSPS) is 10.8. The molecular formula is C19H19BrN4O2. The Morgan fingerprint density at radius 3 is 2.85 bits per heavy atom. The molecule has 0 bridgehead atoms. The molecule has 0 saturated heterocycles. The lowest BCUT2D eigenvalue weighted by atomic mass is 10.0. The third-order valence-corrected chi connectivity index (χ3v) is 4.76. The fraction of sp³-hybridized carbons (Fsp3) is 0.158. The van der Waals surface area contributed by atoms with E-state index in [1.807, 2.05) is 12.1 Å². The first-order valence-corrected chi connectivity index (χ1v) is 8.76. The molecule has 0 amide bonds. The molecule has 5 N–H and O–H groups in total. The van der Waals surface area contributed by atoms with Gasteiger partial charge in [-0.1, -0.05) is 6.58 Å². The third kappa shape index (κ3) is 3.57. The summed E-state index contributed by atoms with van der Waals surface area (Å²) in [7, 11) is 1.60. The van der Waals surface area contributed by atoms with Crippen LogP contribution in [0.4, 0.5) is 0 Å². The van der Waals surface area contributed by atoms with E-state index in [9.17, 15) is 5.11 Å². The number of aromatic hydroxyl groups is 1. The highest BCUT2D eigenvalue weighted by atomic mass is 79.9. The van der Waals surface area contributed by atoms with Crippen LogP contribution in [-0.2, 0) is 11.2 Å². The minimum absolute atomic E-state index is 0.00554. The summed E-state index contributed by atoms with van der Waals surface area (Å²) in [4.78, 5) is 7.74. The minimum atomic E-state index is -0.00554. The van der Waals surface area contributed by atoms with Crippen LogP contribution in [0, 0.1) is 5.41 Å². The number of allylic oxidation sites excluding steroid dienone is 1. The quantitative estimate of drug-likeness (QED) is 0.276. The zero-order valence-corrected chi connectivity index (χ0v) is 15.9. The number of benzene rings is 2. The smallest absolute Gasteiger partial charge is 0.142 e. The van der Waals surface area contributed by atoms with Crippen molar-refractivity contribution >= 4 is 32.8 Å². The first-order valence-electron chi connectivity index (χ1n) is 7.96. The lowest BCUT2D eigenvalue weighted by Crippen LogP contribution is -2.10. The molecule has 26 heavy (non-hydrogen) atoms. The molecule has 0 aliphatic rings. The molecular weight excluding hydrogens is 396 g/mol. The number of phenols is 1. The number of aryl methyl sites for hydroxylation is 1. The number of nitrogens with zero attached hydrogens (tertiary/aromatic N) is 1. The number of phenolic OH excluding ortho intramolecular Hbond substituents is 1. The highest BCUT2D eigenvalue weighted by Crippen LogP contribution is 2.36. The van der Waals surface area contributed by atoms with Crippen LogP contribution >= 0.6 is 15.9 Å². The molecule has 3 rings (SSSR count). The molecule has 1 heterocycles. The summed E-state index contributed by atoms with van der Waals surface area (Å²) < 4.78 is 5.70. The predicted molar refractivity (Wildman–Crippen MR) is 106 cm³/mol. The van der Waals surface area contributed by atoms with Crippen molar-refractivity contribution in [2.24, 2.45) is 5.73 Å². The zero-order chi connectivity index (χ0) is 18.8. The van der Waals surface area contributed by atoms with Crippen molar-refractivity contribution in [2.75, 3.05) is 7.11 Å².